The van der Waals surface area contributed by atoms with E-state index in [-0.39, 0.29) is 0 Å². The molecule has 3 heteroatoms. The second-order valence-electron chi connectivity index (χ2n) is 6.39. The number of fused-ring (bicyclic) bond motifs is 2. The fraction of sp³-hybridized carbons (Fsp3) is 1.00. The fourth-order valence-electron chi connectivity index (χ4n) is 3.89. The van der Waals surface area contributed by atoms with Crippen LogP contribution in [-0.4, -0.2) is 28.8 Å². The number of nitrogens with one attached hydrogen (secondary N) is 1. The van der Waals surface area contributed by atoms with Crippen molar-refractivity contribution in [1.29, 1.82) is 0 Å². The fourth-order valence-corrected chi connectivity index (χ4v) is 4.29. The molecule has 0 aromatic carbocycles. The standard InChI is InChI=1S/C13H25NOS/c1-12(2)10-5-6-13(12,3)11(9-10)14-7-8-16(4)15/h10-11,14H,5-9H2,1-4H3/t10?,11?,13-,16?/m0/s1. The Kier molecular flexibility index (Phi) is 3.21. The van der Waals surface area contributed by atoms with E-state index in [2.05, 4.69) is 26.1 Å². The average Bonchev–Trinajstić information content (AvgIpc) is 2.49. The van der Waals surface area contributed by atoms with Crippen LogP contribution in [0.2, 0.25) is 0 Å². The highest BCUT2D eigenvalue weighted by molar-refractivity contribution is 7.84. The number of hydrogen-bond donors (Lipinski definition) is 1. The molecule has 4 atom stereocenters. The summed E-state index contributed by atoms with van der Waals surface area (Å²) in [6, 6.07) is 0.643. The van der Waals surface area contributed by atoms with Crippen molar-refractivity contribution in [1.82, 2.24) is 5.32 Å². The summed E-state index contributed by atoms with van der Waals surface area (Å²) < 4.78 is 11.1. The Bertz CT molecular complexity index is 302. The van der Waals surface area contributed by atoms with Gasteiger partial charge in [0.15, 0.2) is 0 Å². The predicted octanol–water partition coefficient (Wildman–Crippen LogP) is 2.17. The van der Waals surface area contributed by atoms with E-state index in [1.807, 2.05) is 0 Å². The van der Waals surface area contributed by atoms with Crippen LogP contribution in [0.5, 0.6) is 0 Å². The van der Waals surface area contributed by atoms with E-state index in [1.165, 1.54) is 19.3 Å². The molecule has 94 valence electrons. The highest BCUT2D eigenvalue weighted by Gasteiger charge is 2.60. The van der Waals surface area contributed by atoms with Crippen LogP contribution in [0.3, 0.4) is 0 Å². The highest BCUT2D eigenvalue weighted by Crippen LogP contribution is 2.65. The predicted molar refractivity (Wildman–Crippen MR) is 70.0 cm³/mol. The Labute approximate surface area is 102 Å². The third kappa shape index (κ3) is 1.76. The van der Waals surface area contributed by atoms with E-state index in [4.69, 9.17) is 0 Å². The van der Waals surface area contributed by atoms with E-state index in [1.54, 1.807) is 6.26 Å². The third-order valence-corrected chi connectivity index (χ3v) is 6.35. The third-order valence-electron chi connectivity index (χ3n) is 5.57. The molecule has 3 unspecified atom stereocenters. The molecule has 1 N–H and O–H groups in total. The first-order valence-electron chi connectivity index (χ1n) is 6.41. The summed E-state index contributed by atoms with van der Waals surface area (Å²) in [4.78, 5) is 0. The summed E-state index contributed by atoms with van der Waals surface area (Å²) in [5.74, 6) is 1.68. The summed E-state index contributed by atoms with van der Waals surface area (Å²) in [5.41, 5.74) is 0.933. The maximum absolute atomic E-state index is 11.1. The van der Waals surface area contributed by atoms with Crippen LogP contribution in [0.4, 0.5) is 0 Å². The van der Waals surface area contributed by atoms with Gasteiger partial charge in [0.2, 0.25) is 0 Å². The van der Waals surface area contributed by atoms with Crippen molar-refractivity contribution in [3.05, 3.63) is 0 Å². The van der Waals surface area contributed by atoms with Gasteiger partial charge in [0, 0.05) is 35.4 Å². The number of hydrogen-bond acceptors (Lipinski definition) is 2. The molecule has 0 aromatic heterocycles. The van der Waals surface area contributed by atoms with Crippen LogP contribution >= 0.6 is 0 Å². The zero-order chi connectivity index (χ0) is 12.0. The first-order chi connectivity index (χ1) is 7.38. The molecule has 0 aromatic rings. The first-order valence-corrected chi connectivity index (χ1v) is 8.14. The van der Waals surface area contributed by atoms with Crippen LogP contribution in [0.1, 0.15) is 40.0 Å². The monoisotopic (exact) mass is 243 g/mol. The molecule has 0 amide bonds. The molecule has 2 aliphatic carbocycles. The number of rotatable bonds is 4. The Balaban J connectivity index is 1.96. The van der Waals surface area contributed by atoms with Gasteiger partial charge in [-0.3, -0.25) is 4.21 Å². The Morgan fingerprint density at radius 2 is 2.06 bits per heavy atom. The highest BCUT2D eigenvalue weighted by atomic mass is 32.2. The second kappa shape index (κ2) is 4.09. The summed E-state index contributed by atoms with van der Waals surface area (Å²) >= 11 is 0. The molecule has 0 radical (unpaired) electrons. The molecule has 2 nitrogen and oxygen atoms in total. The Morgan fingerprint density at radius 1 is 1.38 bits per heavy atom. The molecule has 0 saturated heterocycles. The molecule has 2 aliphatic rings. The van der Waals surface area contributed by atoms with Gasteiger partial charge in [0.05, 0.1) is 0 Å². The van der Waals surface area contributed by atoms with Crippen molar-refractivity contribution in [2.45, 2.75) is 46.1 Å². The molecule has 2 saturated carbocycles. The molecule has 0 aliphatic heterocycles. The largest absolute Gasteiger partial charge is 0.312 e. The molecular formula is C13H25NOS. The Hall–Kier alpha value is 0.110. The van der Waals surface area contributed by atoms with Crippen molar-refractivity contribution in [3.63, 3.8) is 0 Å². The van der Waals surface area contributed by atoms with Crippen molar-refractivity contribution in [2.75, 3.05) is 18.6 Å². The molecular weight excluding hydrogens is 218 g/mol. The lowest BCUT2D eigenvalue weighted by Gasteiger charge is -2.39. The lowest BCUT2D eigenvalue weighted by atomic mass is 9.69. The van der Waals surface area contributed by atoms with E-state index in [0.717, 1.165) is 18.2 Å². The van der Waals surface area contributed by atoms with E-state index in [9.17, 15) is 4.21 Å². The van der Waals surface area contributed by atoms with E-state index < -0.39 is 10.8 Å². The van der Waals surface area contributed by atoms with Gasteiger partial charge in [-0.05, 0) is 36.0 Å². The molecule has 0 heterocycles. The van der Waals surface area contributed by atoms with Gasteiger partial charge in [0.25, 0.3) is 0 Å². The van der Waals surface area contributed by atoms with Gasteiger partial charge in [-0.1, -0.05) is 20.8 Å². The maximum atomic E-state index is 11.1. The van der Waals surface area contributed by atoms with Crippen molar-refractivity contribution < 1.29 is 4.21 Å². The second-order valence-corrected chi connectivity index (χ2v) is 7.95. The minimum Gasteiger partial charge on any atom is -0.312 e. The summed E-state index contributed by atoms with van der Waals surface area (Å²) in [7, 11) is -0.663. The minimum atomic E-state index is -0.663. The zero-order valence-corrected chi connectivity index (χ0v) is 11.8. The lowest BCUT2D eigenvalue weighted by molar-refractivity contribution is 0.122. The van der Waals surface area contributed by atoms with Gasteiger partial charge in [0.1, 0.15) is 0 Å². The summed E-state index contributed by atoms with van der Waals surface area (Å²) in [6.45, 7) is 8.22. The molecule has 2 bridgehead atoms. The van der Waals surface area contributed by atoms with E-state index in [0.29, 0.717) is 16.9 Å². The molecule has 2 fully saturated rings. The molecule has 2 rings (SSSR count). The van der Waals surface area contributed by atoms with Gasteiger partial charge >= 0.3 is 0 Å². The van der Waals surface area contributed by atoms with Crippen LogP contribution < -0.4 is 5.32 Å². The smallest absolute Gasteiger partial charge is 0.0357 e. The SMILES string of the molecule is CS(=O)CCNC1CC2CC[C@]1(C)C2(C)C. The summed E-state index contributed by atoms with van der Waals surface area (Å²) in [6.07, 6.45) is 5.87. The first kappa shape index (κ1) is 12.6. The van der Waals surface area contributed by atoms with Crippen molar-refractivity contribution >= 4 is 10.8 Å². The van der Waals surface area contributed by atoms with Gasteiger partial charge < -0.3 is 5.32 Å². The van der Waals surface area contributed by atoms with Crippen molar-refractivity contribution in [2.24, 2.45) is 16.7 Å². The zero-order valence-electron chi connectivity index (χ0n) is 11.0. The van der Waals surface area contributed by atoms with Crippen LogP contribution in [0, 0.1) is 16.7 Å². The van der Waals surface area contributed by atoms with Crippen LogP contribution in [0.15, 0.2) is 0 Å². The topological polar surface area (TPSA) is 29.1 Å². The lowest BCUT2D eigenvalue weighted by Crippen LogP contribution is -2.45. The average molecular weight is 243 g/mol. The van der Waals surface area contributed by atoms with Crippen molar-refractivity contribution in [3.8, 4) is 0 Å². The molecule has 16 heavy (non-hydrogen) atoms. The van der Waals surface area contributed by atoms with Gasteiger partial charge in [-0.2, -0.15) is 0 Å². The van der Waals surface area contributed by atoms with Crippen LogP contribution in [0.25, 0.3) is 0 Å². The minimum absolute atomic E-state index is 0.451. The van der Waals surface area contributed by atoms with Gasteiger partial charge in [-0.15, -0.1) is 0 Å². The van der Waals surface area contributed by atoms with Gasteiger partial charge in [-0.25, -0.2) is 0 Å². The van der Waals surface area contributed by atoms with Crippen LogP contribution in [-0.2, 0) is 10.8 Å². The van der Waals surface area contributed by atoms with E-state index >= 15 is 0 Å². The quantitative estimate of drug-likeness (QED) is 0.820. The Morgan fingerprint density at radius 3 is 2.50 bits per heavy atom. The normalized spacial score (nSPS) is 42.5. The molecule has 0 spiro atoms. The maximum Gasteiger partial charge on any atom is 0.0357 e. The summed E-state index contributed by atoms with van der Waals surface area (Å²) in [5, 5.41) is 3.65.